The lowest BCUT2D eigenvalue weighted by Crippen LogP contribution is -2.46. The zero-order valence-electron chi connectivity index (χ0n) is 14.7. The summed E-state index contributed by atoms with van der Waals surface area (Å²) in [6.07, 6.45) is 2.90. The van der Waals surface area contributed by atoms with E-state index in [9.17, 15) is 18.4 Å². The number of benzene rings is 1. The van der Waals surface area contributed by atoms with E-state index in [0.717, 1.165) is 31.4 Å². The van der Waals surface area contributed by atoms with Gasteiger partial charge in [0.2, 0.25) is 5.91 Å². The number of hydrogen-bond donors (Lipinski definition) is 1. The fourth-order valence-corrected chi connectivity index (χ4v) is 5.33. The second-order valence-electron chi connectivity index (χ2n) is 7.20. The highest BCUT2D eigenvalue weighted by Gasteiger charge is 2.49. The zero-order chi connectivity index (χ0) is 19.3. The van der Waals surface area contributed by atoms with Crippen LogP contribution in [-0.4, -0.2) is 34.3 Å². The van der Waals surface area contributed by atoms with Crippen LogP contribution in [0.25, 0.3) is 10.4 Å². The first-order valence-corrected chi connectivity index (χ1v) is 9.71. The van der Waals surface area contributed by atoms with Crippen molar-refractivity contribution in [2.24, 2.45) is 17.6 Å². The molecule has 2 fully saturated rings. The van der Waals surface area contributed by atoms with Crippen LogP contribution < -0.4 is 5.73 Å². The number of likely N-dealkylation sites (tertiary alicyclic amines) is 1. The number of aromatic nitrogens is 1. The molecule has 2 heterocycles. The molecule has 0 radical (unpaired) electrons. The van der Waals surface area contributed by atoms with E-state index in [4.69, 9.17) is 5.73 Å². The van der Waals surface area contributed by atoms with Crippen LogP contribution in [-0.2, 0) is 4.79 Å². The number of nitrogens with zero attached hydrogens (tertiary/aromatic N) is 2. The maximum absolute atomic E-state index is 13.7. The van der Waals surface area contributed by atoms with E-state index in [1.165, 1.54) is 22.3 Å². The number of fused-ring (bicyclic) bond motifs is 1. The minimum Gasteiger partial charge on any atom is -0.368 e. The van der Waals surface area contributed by atoms with Crippen molar-refractivity contribution >= 4 is 23.2 Å². The Balaban J connectivity index is 1.72. The summed E-state index contributed by atoms with van der Waals surface area (Å²) < 4.78 is 27.0. The van der Waals surface area contributed by atoms with Gasteiger partial charge in [-0.25, -0.2) is 13.8 Å². The van der Waals surface area contributed by atoms with Crippen molar-refractivity contribution in [3.63, 3.8) is 0 Å². The van der Waals surface area contributed by atoms with Crippen molar-refractivity contribution < 1.29 is 18.4 Å². The van der Waals surface area contributed by atoms with Crippen LogP contribution in [0.3, 0.4) is 0 Å². The minimum atomic E-state index is -0.984. The number of nitrogens with two attached hydrogens (primary N) is 1. The lowest BCUT2D eigenvalue weighted by atomic mass is 9.93. The summed E-state index contributed by atoms with van der Waals surface area (Å²) in [4.78, 5) is 31.6. The van der Waals surface area contributed by atoms with Crippen LogP contribution in [0.1, 0.15) is 34.8 Å². The van der Waals surface area contributed by atoms with Crippen LogP contribution >= 0.6 is 11.3 Å². The van der Waals surface area contributed by atoms with E-state index in [-0.39, 0.29) is 23.4 Å². The van der Waals surface area contributed by atoms with Crippen LogP contribution in [0, 0.1) is 30.4 Å². The standard InChI is InChI=1S/C19H19F2N3O2S/c1-9-23-15(17(27-9)10-5-6-13(20)14(21)7-10)19(26)24-8-11-3-2-4-12(11)16(24)18(22)25/h5-7,11-12,16H,2-4,8H2,1H3,(H2,22,25)/t11-,12-,16-/m0/s1. The molecule has 0 bridgehead atoms. The van der Waals surface area contributed by atoms with Crippen LogP contribution in [0.15, 0.2) is 18.2 Å². The topological polar surface area (TPSA) is 76.3 Å². The van der Waals surface area contributed by atoms with Crippen LogP contribution in [0.5, 0.6) is 0 Å². The Morgan fingerprint density at radius 2 is 2.04 bits per heavy atom. The van der Waals surface area contributed by atoms with Crippen LogP contribution in [0.4, 0.5) is 8.78 Å². The normalized spacial score (nSPS) is 24.3. The molecule has 142 valence electrons. The molecule has 3 atom stereocenters. The molecule has 1 aromatic heterocycles. The second-order valence-corrected chi connectivity index (χ2v) is 8.40. The van der Waals surface area contributed by atoms with Gasteiger partial charge in [-0.1, -0.05) is 12.5 Å². The first-order valence-electron chi connectivity index (χ1n) is 8.90. The van der Waals surface area contributed by atoms with Gasteiger partial charge in [0.15, 0.2) is 11.6 Å². The number of halogens is 2. The average Bonchev–Trinajstić information content (AvgIpc) is 3.29. The van der Waals surface area contributed by atoms with Gasteiger partial charge in [0.25, 0.3) is 5.91 Å². The molecule has 4 rings (SSSR count). The lowest BCUT2D eigenvalue weighted by Gasteiger charge is -2.25. The number of carbonyl (C=O) groups excluding carboxylic acids is 2. The van der Waals surface area contributed by atoms with Crippen LogP contribution in [0.2, 0.25) is 0 Å². The van der Waals surface area contributed by atoms with Gasteiger partial charge in [-0.2, -0.15) is 0 Å². The third-order valence-corrected chi connectivity index (χ3v) is 6.58. The Bertz CT molecular complexity index is 930. The largest absolute Gasteiger partial charge is 0.368 e. The summed E-state index contributed by atoms with van der Waals surface area (Å²) >= 11 is 1.24. The van der Waals surface area contributed by atoms with Gasteiger partial charge >= 0.3 is 0 Å². The van der Waals surface area contributed by atoms with Crippen molar-refractivity contribution in [1.82, 2.24) is 9.88 Å². The molecule has 1 aliphatic carbocycles. The predicted octanol–water partition coefficient (Wildman–Crippen LogP) is 3.12. The molecule has 2 aliphatic rings. The molecule has 1 saturated carbocycles. The second kappa shape index (κ2) is 6.67. The molecule has 1 aliphatic heterocycles. The van der Waals surface area contributed by atoms with Gasteiger partial charge in [0.05, 0.1) is 9.88 Å². The fourth-order valence-electron chi connectivity index (χ4n) is 4.42. The highest BCUT2D eigenvalue weighted by molar-refractivity contribution is 7.15. The van der Waals surface area contributed by atoms with Crippen molar-refractivity contribution in [2.45, 2.75) is 32.2 Å². The maximum atomic E-state index is 13.7. The summed E-state index contributed by atoms with van der Waals surface area (Å²) in [5.74, 6) is -2.44. The molecule has 0 spiro atoms. The average molecular weight is 391 g/mol. The molecule has 1 aromatic carbocycles. The Labute approximate surface area is 159 Å². The number of hydrogen-bond acceptors (Lipinski definition) is 4. The van der Waals surface area contributed by atoms with E-state index in [2.05, 4.69) is 4.98 Å². The summed E-state index contributed by atoms with van der Waals surface area (Å²) in [7, 11) is 0. The molecule has 2 N–H and O–H groups in total. The van der Waals surface area contributed by atoms with Gasteiger partial charge in [0, 0.05) is 6.54 Å². The Morgan fingerprint density at radius 3 is 2.74 bits per heavy atom. The van der Waals surface area contributed by atoms with Crippen molar-refractivity contribution in [3.8, 4) is 10.4 Å². The quantitative estimate of drug-likeness (QED) is 0.873. The molecular weight excluding hydrogens is 372 g/mol. The van der Waals surface area contributed by atoms with Gasteiger partial charge in [-0.05, 0) is 49.3 Å². The molecule has 8 heteroatoms. The van der Waals surface area contributed by atoms with E-state index in [1.807, 2.05) is 0 Å². The SMILES string of the molecule is Cc1nc(C(=O)N2C[C@@H]3CCC[C@@H]3[C@H]2C(N)=O)c(-c2ccc(F)c(F)c2)s1. The Hall–Kier alpha value is -2.35. The molecule has 27 heavy (non-hydrogen) atoms. The maximum Gasteiger partial charge on any atom is 0.274 e. The Kier molecular flexibility index (Phi) is 4.46. The van der Waals surface area contributed by atoms with E-state index >= 15 is 0 Å². The third kappa shape index (κ3) is 3.01. The van der Waals surface area contributed by atoms with E-state index in [1.54, 1.807) is 6.92 Å². The molecule has 2 amide bonds. The molecule has 1 saturated heterocycles. The summed E-state index contributed by atoms with van der Waals surface area (Å²) in [6.45, 7) is 2.22. The van der Waals surface area contributed by atoms with Crippen molar-refractivity contribution in [2.75, 3.05) is 6.54 Å². The highest BCUT2D eigenvalue weighted by atomic mass is 32.1. The summed E-state index contributed by atoms with van der Waals surface area (Å²) in [5.41, 5.74) is 6.16. The molecule has 5 nitrogen and oxygen atoms in total. The lowest BCUT2D eigenvalue weighted by molar-refractivity contribution is -0.122. The monoisotopic (exact) mass is 391 g/mol. The van der Waals surface area contributed by atoms with E-state index < -0.39 is 23.6 Å². The number of carbonyl (C=O) groups is 2. The highest BCUT2D eigenvalue weighted by Crippen LogP contribution is 2.43. The van der Waals surface area contributed by atoms with Crippen molar-refractivity contribution in [3.05, 3.63) is 40.5 Å². The van der Waals surface area contributed by atoms with Crippen molar-refractivity contribution in [1.29, 1.82) is 0 Å². The molecule has 2 aromatic rings. The predicted molar refractivity (Wildman–Crippen MR) is 97.1 cm³/mol. The van der Waals surface area contributed by atoms with Gasteiger partial charge < -0.3 is 10.6 Å². The number of aryl methyl sites for hydroxylation is 1. The number of primary amides is 1. The first kappa shape index (κ1) is 18.0. The summed E-state index contributed by atoms with van der Waals surface area (Å²) in [6, 6.07) is 2.88. The smallest absolute Gasteiger partial charge is 0.274 e. The third-order valence-electron chi connectivity index (χ3n) is 5.56. The van der Waals surface area contributed by atoms with E-state index in [0.29, 0.717) is 22.0 Å². The van der Waals surface area contributed by atoms with Gasteiger partial charge in [0.1, 0.15) is 11.7 Å². The summed E-state index contributed by atoms with van der Waals surface area (Å²) in [5, 5.41) is 0.632. The van der Waals surface area contributed by atoms with Gasteiger partial charge in [-0.15, -0.1) is 11.3 Å². The number of thiazole rings is 1. The minimum absolute atomic E-state index is 0.0953. The Morgan fingerprint density at radius 1 is 1.26 bits per heavy atom. The molecule has 0 unspecified atom stereocenters. The zero-order valence-corrected chi connectivity index (χ0v) is 15.6. The number of amides is 2. The fraction of sp³-hybridized carbons (Fsp3) is 0.421. The first-order chi connectivity index (χ1) is 12.9. The number of rotatable bonds is 3. The molecular formula is C19H19F2N3O2S. The van der Waals surface area contributed by atoms with Gasteiger partial charge in [-0.3, -0.25) is 9.59 Å².